The number of aromatic nitrogens is 5. The van der Waals surface area contributed by atoms with E-state index in [0.29, 0.717) is 17.5 Å². The molecule has 5 nitrogen and oxygen atoms in total. The van der Waals surface area contributed by atoms with E-state index in [1.807, 2.05) is 73.1 Å². The molecule has 5 heteroatoms. The van der Waals surface area contributed by atoms with Gasteiger partial charge in [-0.05, 0) is 62.5 Å². The van der Waals surface area contributed by atoms with Crippen molar-refractivity contribution in [3.05, 3.63) is 152 Å². The molecule has 0 saturated carbocycles. The number of fused-ring (bicyclic) bond motifs is 3. The van der Waals surface area contributed by atoms with E-state index >= 15 is 0 Å². The Kier molecular flexibility index (Phi) is 6.39. The molecule has 44 heavy (non-hydrogen) atoms. The Hall–Kier alpha value is -6.07. The predicted molar refractivity (Wildman–Crippen MR) is 178 cm³/mol. The summed E-state index contributed by atoms with van der Waals surface area (Å²) in [6.07, 6.45) is 5.23. The Morgan fingerprint density at radius 2 is 0.841 bits per heavy atom. The van der Waals surface area contributed by atoms with Crippen LogP contribution >= 0.6 is 0 Å². The van der Waals surface area contributed by atoms with Gasteiger partial charge in [0, 0.05) is 34.6 Å². The molecule has 0 amide bonds. The molecular formula is C39H25N5. The second kappa shape index (κ2) is 11.0. The summed E-state index contributed by atoms with van der Waals surface area (Å²) < 4.78 is 0. The molecule has 0 radical (unpaired) electrons. The summed E-state index contributed by atoms with van der Waals surface area (Å²) in [6, 6.07) is 46.0. The first-order valence-corrected chi connectivity index (χ1v) is 14.5. The summed E-state index contributed by atoms with van der Waals surface area (Å²) in [7, 11) is 0. The largest absolute Gasteiger partial charge is 0.244 e. The van der Waals surface area contributed by atoms with Crippen LogP contribution in [0.3, 0.4) is 0 Å². The average Bonchev–Trinajstić information content (AvgIpc) is 3.12. The average molecular weight is 564 g/mol. The highest BCUT2D eigenvalue weighted by Gasteiger charge is 2.16. The summed E-state index contributed by atoms with van der Waals surface area (Å²) in [5.41, 5.74) is 6.85. The molecule has 0 aliphatic carbocycles. The van der Waals surface area contributed by atoms with Gasteiger partial charge in [0.05, 0.1) is 0 Å². The van der Waals surface area contributed by atoms with E-state index in [2.05, 4.69) is 82.8 Å². The monoisotopic (exact) mass is 563 g/mol. The Labute approximate surface area is 254 Å². The second-order valence-electron chi connectivity index (χ2n) is 10.7. The molecule has 0 aliphatic heterocycles. The van der Waals surface area contributed by atoms with Crippen LogP contribution in [-0.4, -0.2) is 24.9 Å². The Bertz CT molecular complexity index is 2210. The Morgan fingerprint density at radius 1 is 0.341 bits per heavy atom. The van der Waals surface area contributed by atoms with Gasteiger partial charge in [0.2, 0.25) is 0 Å². The van der Waals surface area contributed by atoms with Crippen molar-refractivity contribution < 1.29 is 0 Å². The van der Waals surface area contributed by atoms with Gasteiger partial charge in [0.25, 0.3) is 0 Å². The van der Waals surface area contributed by atoms with Gasteiger partial charge in [-0.2, -0.15) is 0 Å². The highest BCUT2D eigenvalue weighted by Crippen LogP contribution is 2.38. The van der Waals surface area contributed by atoms with Crippen molar-refractivity contribution in [2.75, 3.05) is 0 Å². The third-order valence-electron chi connectivity index (χ3n) is 7.86. The van der Waals surface area contributed by atoms with E-state index in [1.54, 1.807) is 6.33 Å². The third kappa shape index (κ3) is 4.76. The molecule has 0 saturated heterocycles. The molecule has 0 unspecified atom stereocenters. The zero-order chi connectivity index (χ0) is 29.3. The normalized spacial score (nSPS) is 11.2. The van der Waals surface area contributed by atoms with Gasteiger partial charge in [-0.15, -0.1) is 0 Å². The van der Waals surface area contributed by atoms with Crippen LogP contribution in [0.5, 0.6) is 0 Å². The topological polar surface area (TPSA) is 64.5 Å². The number of hydrogen-bond donors (Lipinski definition) is 0. The first kappa shape index (κ1) is 25.6. The van der Waals surface area contributed by atoms with Gasteiger partial charge in [-0.25, -0.2) is 24.9 Å². The van der Waals surface area contributed by atoms with Gasteiger partial charge in [0.15, 0.2) is 17.5 Å². The van der Waals surface area contributed by atoms with Crippen LogP contribution in [0.2, 0.25) is 0 Å². The van der Waals surface area contributed by atoms with E-state index in [1.165, 1.54) is 21.5 Å². The molecule has 8 aromatic rings. The van der Waals surface area contributed by atoms with Crippen molar-refractivity contribution in [1.29, 1.82) is 0 Å². The highest BCUT2D eigenvalue weighted by molar-refractivity contribution is 6.14. The van der Waals surface area contributed by atoms with Crippen molar-refractivity contribution in [3.63, 3.8) is 0 Å². The number of nitrogens with zero attached hydrogens (tertiary/aromatic N) is 5. The number of rotatable bonds is 5. The summed E-state index contributed by atoms with van der Waals surface area (Å²) in [5, 5.41) is 4.82. The lowest BCUT2D eigenvalue weighted by Gasteiger charge is -2.15. The molecule has 0 fully saturated rings. The minimum atomic E-state index is 0.600. The van der Waals surface area contributed by atoms with Gasteiger partial charge < -0.3 is 0 Å². The van der Waals surface area contributed by atoms with Crippen molar-refractivity contribution >= 4 is 21.5 Å². The molecule has 0 N–H and O–H groups in total. The lowest BCUT2D eigenvalue weighted by Crippen LogP contribution is -2.00. The number of hydrogen-bond acceptors (Lipinski definition) is 5. The standard InChI is InChI=1S/C39H25N5/c1-3-11-26(12-4-1)37-42-38(27-13-5-2-6-14-27)44-39(43-37)31-20-29(32-23-40-25-41-24-32)19-30(21-31)36-22-28-15-7-8-16-33(28)34-17-9-10-18-35(34)36/h1-25H. The van der Waals surface area contributed by atoms with Gasteiger partial charge in [-0.3, -0.25) is 0 Å². The summed E-state index contributed by atoms with van der Waals surface area (Å²) in [5.74, 6) is 1.85. The van der Waals surface area contributed by atoms with E-state index in [-0.39, 0.29) is 0 Å². The molecule has 2 heterocycles. The summed E-state index contributed by atoms with van der Waals surface area (Å²) in [4.78, 5) is 23.6. The van der Waals surface area contributed by atoms with Gasteiger partial charge >= 0.3 is 0 Å². The molecule has 2 aromatic heterocycles. The maximum atomic E-state index is 5.03. The van der Waals surface area contributed by atoms with Crippen LogP contribution in [0.1, 0.15) is 0 Å². The lowest BCUT2D eigenvalue weighted by molar-refractivity contribution is 1.07. The van der Waals surface area contributed by atoms with Crippen LogP contribution in [0.25, 0.3) is 78.0 Å². The quantitative estimate of drug-likeness (QED) is 0.195. The van der Waals surface area contributed by atoms with Crippen molar-refractivity contribution in [2.24, 2.45) is 0 Å². The fraction of sp³-hybridized carbons (Fsp3) is 0. The fourth-order valence-electron chi connectivity index (χ4n) is 5.76. The zero-order valence-corrected chi connectivity index (χ0v) is 23.7. The SMILES string of the molecule is c1ccc(-c2nc(-c3ccccc3)nc(-c3cc(-c4cncnc4)cc(-c4cc5ccccc5c5ccccc45)c3)n2)cc1. The van der Waals surface area contributed by atoms with Crippen molar-refractivity contribution in [1.82, 2.24) is 24.9 Å². The first-order chi connectivity index (χ1) is 21.8. The van der Waals surface area contributed by atoms with Crippen molar-refractivity contribution in [2.45, 2.75) is 0 Å². The van der Waals surface area contributed by atoms with Gasteiger partial charge in [0.1, 0.15) is 6.33 Å². The molecule has 0 aliphatic rings. The Balaban J connectivity index is 1.41. The van der Waals surface area contributed by atoms with Crippen LogP contribution < -0.4 is 0 Å². The second-order valence-corrected chi connectivity index (χ2v) is 10.7. The molecule has 6 aromatic carbocycles. The molecular weight excluding hydrogens is 538 g/mol. The van der Waals surface area contributed by atoms with Crippen LogP contribution in [-0.2, 0) is 0 Å². The Morgan fingerprint density at radius 3 is 1.50 bits per heavy atom. The van der Waals surface area contributed by atoms with Crippen LogP contribution in [0.15, 0.2) is 152 Å². The van der Waals surface area contributed by atoms with Crippen LogP contribution in [0.4, 0.5) is 0 Å². The summed E-state index contributed by atoms with van der Waals surface area (Å²) >= 11 is 0. The zero-order valence-electron chi connectivity index (χ0n) is 23.7. The maximum Gasteiger partial charge on any atom is 0.164 e. The smallest absolute Gasteiger partial charge is 0.164 e. The minimum absolute atomic E-state index is 0.600. The fourth-order valence-corrected chi connectivity index (χ4v) is 5.76. The lowest BCUT2D eigenvalue weighted by atomic mass is 9.91. The maximum absolute atomic E-state index is 5.03. The van der Waals surface area contributed by atoms with E-state index in [9.17, 15) is 0 Å². The predicted octanol–water partition coefficient (Wildman–Crippen LogP) is 9.30. The van der Waals surface area contributed by atoms with E-state index in [4.69, 9.17) is 15.0 Å². The van der Waals surface area contributed by atoms with E-state index < -0.39 is 0 Å². The molecule has 8 rings (SSSR count). The molecule has 0 bridgehead atoms. The van der Waals surface area contributed by atoms with Crippen LogP contribution in [0, 0.1) is 0 Å². The molecule has 0 atom stereocenters. The highest BCUT2D eigenvalue weighted by atomic mass is 15.0. The molecule has 0 spiro atoms. The minimum Gasteiger partial charge on any atom is -0.244 e. The molecule has 206 valence electrons. The number of benzene rings is 6. The first-order valence-electron chi connectivity index (χ1n) is 14.5. The van der Waals surface area contributed by atoms with Gasteiger partial charge in [-0.1, -0.05) is 109 Å². The summed E-state index contributed by atoms with van der Waals surface area (Å²) in [6.45, 7) is 0. The van der Waals surface area contributed by atoms with Crippen molar-refractivity contribution in [3.8, 4) is 56.4 Å². The van der Waals surface area contributed by atoms with E-state index in [0.717, 1.165) is 38.9 Å². The third-order valence-corrected chi connectivity index (χ3v) is 7.86.